The van der Waals surface area contributed by atoms with Gasteiger partial charge >= 0.3 is 0 Å². The van der Waals surface area contributed by atoms with Crippen LogP contribution in [0.4, 0.5) is 0 Å². The van der Waals surface area contributed by atoms with Crippen molar-refractivity contribution in [3.05, 3.63) is 35.9 Å². The first-order chi connectivity index (χ1) is 7.81. The SMILES string of the molecule is CC1CCCN1[C@H](CO)Cc1ccccc1. The van der Waals surface area contributed by atoms with Crippen molar-refractivity contribution in [3.63, 3.8) is 0 Å². The molecule has 1 aliphatic rings. The minimum absolute atomic E-state index is 0.263. The van der Waals surface area contributed by atoms with Crippen LogP contribution in [0.1, 0.15) is 25.3 Å². The van der Waals surface area contributed by atoms with E-state index in [0.717, 1.165) is 13.0 Å². The predicted octanol–water partition coefficient (Wildman–Crippen LogP) is 2.07. The number of aliphatic hydroxyl groups is 1. The topological polar surface area (TPSA) is 23.5 Å². The highest BCUT2D eigenvalue weighted by Gasteiger charge is 2.27. The smallest absolute Gasteiger partial charge is 0.0590 e. The van der Waals surface area contributed by atoms with Gasteiger partial charge in [-0.2, -0.15) is 0 Å². The summed E-state index contributed by atoms with van der Waals surface area (Å²) in [6, 6.07) is 11.4. The molecule has 0 radical (unpaired) electrons. The van der Waals surface area contributed by atoms with Crippen LogP contribution in [0.3, 0.4) is 0 Å². The quantitative estimate of drug-likeness (QED) is 0.838. The van der Waals surface area contributed by atoms with Crippen LogP contribution in [0.25, 0.3) is 0 Å². The van der Waals surface area contributed by atoms with Crippen LogP contribution in [0.15, 0.2) is 30.3 Å². The van der Waals surface area contributed by atoms with Gasteiger partial charge in [0.05, 0.1) is 6.61 Å². The second kappa shape index (κ2) is 5.46. The normalized spacial score (nSPS) is 23.5. The first-order valence-electron chi connectivity index (χ1n) is 6.22. The molecule has 0 bridgehead atoms. The van der Waals surface area contributed by atoms with Gasteiger partial charge in [0.15, 0.2) is 0 Å². The lowest BCUT2D eigenvalue weighted by molar-refractivity contribution is 0.117. The fraction of sp³-hybridized carbons (Fsp3) is 0.571. The van der Waals surface area contributed by atoms with Crippen LogP contribution in [-0.2, 0) is 6.42 Å². The Balaban J connectivity index is 2.00. The Bertz CT molecular complexity index is 312. The van der Waals surface area contributed by atoms with E-state index >= 15 is 0 Å². The molecule has 0 spiro atoms. The van der Waals surface area contributed by atoms with E-state index in [4.69, 9.17) is 0 Å². The zero-order chi connectivity index (χ0) is 11.4. The second-order valence-electron chi connectivity index (χ2n) is 4.76. The average molecular weight is 219 g/mol. The molecule has 0 aliphatic carbocycles. The average Bonchev–Trinajstić information content (AvgIpc) is 2.74. The lowest BCUT2D eigenvalue weighted by Crippen LogP contribution is -2.41. The molecular weight excluding hydrogens is 198 g/mol. The maximum Gasteiger partial charge on any atom is 0.0590 e. The minimum atomic E-state index is 0.263. The molecule has 1 aromatic rings. The van der Waals surface area contributed by atoms with Crippen LogP contribution in [0, 0.1) is 0 Å². The summed E-state index contributed by atoms with van der Waals surface area (Å²) in [5.41, 5.74) is 1.32. The molecule has 1 aromatic carbocycles. The Morgan fingerprint density at radius 3 is 2.69 bits per heavy atom. The molecule has 16 heavy (non-hydrogen) atoms. The molecule has 2 rings (SSSR count). The third kappa shape index (κ3) is 2.63. The predicted molar refractivity (Wildman–Crippen MR) is 66.4 cm³/mol. The van der Waals surface area contributed by atoms with Gasteiger partial charge < -0.3 is 5.11 Å². The molecule has 1 N–H and O–H groups in total. The van der Waals surface area contributed by atoms with Crippen LogP contribution >= 0.6 is 0 Å². The van der Waals surface area contributed by atoms with Crippen molar-refractivity contribution in [1.82, 2.24) is 4.90 Å². The van der Waals surface area contributed by atoms with Crippen LogP contribution < -0.4 is 0 Å². The molecule has 2 atom stereocenters. The van der Waals surface area contributed by atoms with Crippen molar-refractivity contribution in [1.29, 1.82) is 0 Å². The fourth-order valence-electron chi connectivity index (χ4n) is 2.67. The standard InChI is InChI=1S/C14H21NO/c1-12-6-5-9-15(12)14(11-16)10-13-7-3-2-4-8-13/h2-4,7-8,12,14,16H,5-6,9-11H2,1H3/t12?,14-/m0/s1. The summed E-state index contributed by atoms with van der Waals surface area (Å²) in [6.07, 6.45) is 3.50. The third-order valence-corrected chi connectivity index (χ3v) is 3.60. The molecule has 0 saturated carbocycles. The van der Waals surface area contributed by atoms with E-state index in [1.807, 2.05) is 6.07 Å². The van der Waals surface area contributed by atoms with Gasteiger partial charge in [0, 0.05) is 12.1 Å². The Morgan fingerprint density at radius 1 is 1.38 bits per heavy atom. The van der Waals surface area contributed by atoms with E-state index in [1.165, 1.54) is 18.4 Å². The molecule has 2 heteroatoms. The Kier molecular flexibility index (Phi) is 3.97. The summed E-state index contributed by atoms with van der Waals surface area (Å²) in [7, 11) is 0. The number of aliphatic hydroxyl groups excluding tert-OH is 1. The molecule has 88 valence electrons. The van der Waals surface area contributed by atoms with Crippen molar-refractivity contribution >= 4 is 0 Å². The number of rotatable bonds is 4. The van der Waals surface area contributed by atoms with E-state index in [2.05, 4.69) is 36.1 Å². The highest BCUT2D eigenvalue weighted by atomic mass is 16.3. The van der Waals surface area contributed by atoms with Crippen molar-refractivity contribution in [2.75, 3.05) is 13.2 Å². The number of hydrogen-bond donors (Lipinski definition) is 1. The molecule has 0 aromatic heterocycles. The van der Waals surface area contributed by atoms with Crippen molar-refractivity contribution in [2.24, 2.45) is 0 Å². The first kappa shape index (κ1) is 11.6. The van der Waals surface area contributed by atoms with Gasteiger partial charge in [-0.05, 0) is 38.3 Å². The Morgan fingerprint density at radius 2 is 2.12 bits per heavy atom. The van der Waals surface area contributed by atoms with Crippen molar-refractivity contribution in [3.8, 4) is 0 Å². The summed E-state index contributed by atoms with van der Waals surface area (Å²) in [6.45, 7) is 3.67. The van der Waals surface area contributed by atoms with Gasteiger partial charge in [-0.3, -0.25) is 4.90 Å². The van der Waals surface area contributed by atoms with Crippen LogP contribution in [0.2, 0.25) is 0 Å². The zero-order valence-corrected chi connectivity index (χ0v) is 9.97. The van der Waals surface area contributed by atoms with E-state index in [1.54, 1.807) is 0 Å². The molecular formula is C14H21NO. The van der Waals surface area contributed by atoms with Gasteiger partial charge in [-0.1, -0.05) is 30.3 Å². The second-order valence-corrected chi connectivity index (χ2v) is 4.76. The van der Waals surface area contributed by atoms with E-state index in [-0.39, 0.29) is 6.61 Å². The summed E-state index contributed by atoms with van der Waals surface area (Å²) in [4.78, 5) is 2.45. The molecule has 1 saturated heterocycles. The lowest BCUT2D eigenvalue weighted by atomic mass is 10.0. The molecule has 0 amide bonds. The molecule has 1 fully saturated rings. The summed E-state index contributed by atoms with van der Waals surface area (Å²) in [5, 5.41) is 9.52. The number of likely N-dealkylation sites (tertiary alicyclic amines) is 1. The Hall–Kier alpha value is -0.860. The highest BCUT2D eigenvalue weighted by Crippen LogP contribution is 2.21. The van der Waals surface area contributed by atoms with Crippen LogP contribution in [-0.4, -0.2) is 35.2 Å². The highest BCUT2D eigenvalue weighted by molar-refractivity contribution is 5.16. The van der Waals surface area contributed by atoms with Gasteiger partial charge in [-0.15, -0.1) is 0 Å². The van der Waals surface area contributed by atoms with Gasteiger partial charge in [-0.25, -0.2) is 0 Å². The lowest BCUT2D eigenvalue weighted by Gasteiger charge is -2.30. The molecule has 2 nitrogen and oxygen atoms in total. The van der Waals surface area contributed by atoms with Crippen molar-refractivity contribution < 1.29 is 5.11 Å². The third-order valence-electron chi connectivity index (χ3n) is 3.60. The van der Waals surface area contributed by atoms with Gasteiger partial charge in [0.2, 0.25) is 0 Å². The summed E-state index contributed by atoms with van der Waals surface area (Å²) >= 11 is 0. The van der Waals surface area contributed by atoms with E-state index in [0.29, 0.717) is 12.1 Å². The maximum absolute atomic E-state index is 9.52. The summed E-state index contributed by atoms with van der Waals surface area (Å²) in [5.74, 6) is 0. The number of nitrogens with zero attached hydrogens (tertiary/aromatic N) is 1. The molecule has 1 heterocycles. The molecule has 1 aliphatic heterocycles. The largest absolute Gasteiger partial charge is 0.395 e. The summed E-state index contributed by atoms with van der Waals surface area (Å²) < 4.78 is 0. The minimum Gasteiger partial charge on any atom is -0.395 e. The van der Waals surface area contributed by atoms with Crippen LogP contribution in [0.5, 0.6) is 0 Å². The number of benzene rings is 1. The van der Waals surface area contributed by atoms with Gasteiger partial charge in [0.25, 0.3) is 0 Å². The van der Waals surface area contributed by atoms with Crippen molar-refractivity contribution in [2.45, 2.75) is 38.3 Å². The van der Waals surface area contributed by atoms with E-state index in [9.17, 15) is 5.11 Å². The van der Waals surface area contributed by atoms with E-state index < -0.39 is 0 Å². The number of hydrogen-bond acceptors (Lipinski definition) is 2. The Labute approximate surface area is 97.9 Å². The monoisotopic (exact) mass is 219 g/mol. The van der Waals surface area contributed by atoms with Gasteiger partial charge in [0.1, 0.15) is 0 Å². The first-order valence-corrected chi connectivity index (χ1v) is 6.22. The fourth-order valence-corrected chi connectivity index (χ4v) is 2.67. The molecule has 1 unspecified atom stereocenters. The maximum atomic E-state index is 9.52. The zero-order valence-electron chi connectivity index (χ0n) is 9.97.